The summed E-state index contributed by atoms with van der Waals surface area (Å²) in [7, 11) is 1.52. The molecule has 1 N–H and O–H groups in total. The summed E-state index contributed by atoms with van der Waals surface area (Å²) in [6, 6.07) is 3.28. The molecule has 1 aliphatic heterocycles. The molecule has 2 amide bonds. The molecule has 1 atom stereocenters. The van der Waals surface area contributed by atoms with Crippen molar-refractivity contribution >= 4 is 23.6 Å². The molecule has 1 fully saturated rings. The average molecular weight is 270 g/mol. The Morgan fingerprint density at radius 2 is 2.17 bits per heavy atom. The van der Waals surface area contributed by atoms with Crippen LogP contribution in [0, 0.1) is 0 Å². The second kappa shape index (κ2) is 4.86. The Balaban J connectivity index is 2.52. The molecule has 0 bridgehead atoms. The lowest BCUT2D eigenvalue weighted by Crippen LogP contribution is -2.21. The van der Waals surface area contributed by atoms with Gasteiger partial charge in [0.1, 0.15) is 5.75 Å². The van der Waals surface area contributed by atoms with Gasteiger partial charge in [0.2, 0.25) is 6.10 Å². The number of halogens is 1. The monoisotopic (exact) mass is 269 g/mol. The van der Waals surface area contributed by atoms with E-state index in [0.717, 1.165) is 5.56 Å². The molecule has 1 heterocycles. The Labute approximate surface area is 109 Å². The van der Waals surface area contributed by atoms with Crippen LogP contribution in [0.1, 0.15) is 24.2 Å². The summed E-state index contributed by atoms with van der Waals surface area (Å²) in [4.78, 5) is 22.7. The van der Waals surface area contributed by atoms with Gasteiger partial charge in [0.25, 0.3) is 5.91 Å². The molecule has 96 valence electrons. The molecule has 6 heteroatoms. The van der Waals surface area contributed by atoms with Gasteiger partial charge in [0, 0.05) is 16.1 Å². The van der Waals surface area contributed by atoms with Gasteiger partial charge in [-0.3, -0.25) is 10.1 Å². The minimum atomic E-state index is -0.958. The number of rotatable bonds is 3. The molecular formula is C12H12ClNO4. The molecule has 0 spiro atoms. The van der Waals surface area contributed by atoms with Crippen LogP contribution < -0.4 is 10.1 Å². The number of cyclic esters (lactones) is 1. The average Bonchev–Trinajstić information content (AvgIpc) is 2.67. The number of hydrogen-bond donors (Lipinski definition) is 1. The zero-order chi connectivity index (χ0) is 13.3. The first-order valence-electron chi connectivity index (χ1n) is 5.44. The van der Waals surface area contributed by atoms with Crippen LogP contribution >= 0.6 is 11.6 Å². The molecule has 5 nitrogen and oxygen atoms in total. The van der Waals surface area contributed by atoms with Gasteiger partial charge in [-0.1, -0.05) is 18.5 Å². The minimum Gasteiger partial charge on any atom is -0.496 e. The van der Waals surface area contributed by atoms with Crippen LogP contribution in [-0.4, -0.2) is 19.1 Å². The van der Waals surface area contributed by atoms with E-state index in [4.69, 9.17) is 21.1 Å². The van der Waals surface area contributed by atoms with Crippen molar-refractivity contribution in [2.45, 2.75) is 19.4 Å². The number of carbonyl (C=O) groups excluding carboxylic acids is 2. The van der Waals surface area contributed by atoms with Crippen molar-refractivity contribution in [2.75, 3.05) is 7.11 Å². The third-order valence-electron chi connectivity index (χ3n) is 2.75. The van der Waals surface area contributed by atoms with Gasteiger partial charge in [-0.25, -0.2) is 4.79 Å². The van der Waals surface area contributed by atoms with E-state index in [2.05, 4.69) is 5.32 Å². The predicted octanol–water partition coefficient (Wildman–Crippen LogP) is 2.22. The Morgan fingerprint density at radius 3 is 2.67 bits per heavy atom. The maximum atomic E-state index is 11.6. The highest BCUT2D eigenvalue weighted by Gasteiger charge is 2.35. The maximum absolute atomic E-state index is 11.6. The summed E-state index contributed by atoms with van der Waals surface area (Å²) in [5.74, 6) is 0.0924. The molecule has 0 aromatic heterocycles. The van der Waals surface area contributed by atoms with Crippen LogP contribution in [0.4, 0.5) is 4.79 Å². The zero-order valence-corrected chi connectivity index (χ0v) is 10.7. The normalized spacial score (nSPS) is 18.5. The first-order valence-corrected chi connectivity index (χ1v) is 5.82. The van der Waals surface area contributed by atoms with Gasteiger partial charge >= 0.3 is 6.09 Å². The van der Waals surface area contributed by atoms with Crippen molar-refractivity contribution in [2.24, 2.45) is 0 Å². The van der Waals surface area contributed by atoms with Crippen LogP contribution in [0.25, 0.3) is 0 Å². The van der Waals surface area contributed by atoms with Gasteiger partial charge in [-0.15, -0.1) is 0 Å². The van der Waals surface area contributed by atoms with E-state index < -0.39 is 18.1 Å². The van der Waals surface area contributed by atoms with Crippen molar-refractivity contribution in [1.29, 1.82) is 0 Å². The van der Waals surface area contributed by atoms with E-state index in [1.54, 1.807) is 12.1 Å². The first-order chi connectivity index (χ1) is 8.56. The molecular weight excluding hydrogens is 258 g/mol. The standard InChI is InChI=1S/C12H12ClNO4/c1-3-7-8(4-6(13)5-9(7)17-2)10-11(15)14-12(16)18-10/h4-5,10H,3H2,1-2H3,(H,14,15,16). The molecule has 0 aliphatic carbocycles. The number of amides is 2. The molecule has 1 aliphatic rings. The molecule has 0 radical (unpaired) electrons. The number of ether oxygens (including phenoxy) is 2. The molecule has 1 aromatic carbocycles. The fraction of sp³-hybridized carbons (Fsp3) is 0.333. The van der Waals surface area contributed by atoms with E-state index in [9.17, 15) is 9.59 Å². The SMILES string of the molecule is CCc1c(OC)cc(Cl)cc1C1OC(=O)NC1=O. The second-order valence-electron chi connectivity index (χ2n) is 3.80. The maximum Gasteiger partial charge on any atom is 0.415 e. The smallest absolute Gasteiger partial charge is 0.415 e. The lowest BCUT2D eigenvalue weighted by Gasteiger charge is -2.15. The molecule has 1 aromatic rings. The summed E-state index contributed by atoms with van der Waals surface area (Å²) >= 11 is 5.97. The van der Waals surface area contributed by atoms with Gasteiger partial charge in [0.05, 0.1) is 7.11 Å². The van der Waals surface area contributed by atoms with E-state index in [1.807, 2.05) is 6.92 Å². The Hall–Kier alpha value is -1.75. The highest BCUT2D eigenvalue weighted by atomic mass is 35.5. The quantitative estimate of drug-likeness (QED) is 0.914. The van der Waals surface area contributed by atoms with E-state index in [1.165, 1.54) is 7.11 Å². The Bertz CT molecular complexity index is 515. The van der Waals surface area contributed by atoms with Gasteiger partial charge < -0.3 is 9.47 Å². The highest BCUT2D eigenvalue weighted by molar-refractivity contribution is 6.30. The summed E-state index contributed by atoms with van der Waals surface area (Å²) in [6.07, 6.45) is -1.07. The molecule has 18 heavy (non-hydrogen) atoms. The van der Waals surface area contributed by atoms with Crippen molar-refractivity contribution in [1.82, 2.24) is 5.32 Å². The fourth-order valence-corrected chi connectivity index (χ4v) is 2.20. The van der Waals surface area contributed by atoms with E-state index in [-0.39, 0.29) is 0 Å². The van der Waals surface area contributed by atoms with Crippen LogP contribution in [0.3, 0.4) is 0 Å². The van der Waals surface area contributed by atoms with Gasteiger partial charge in [-0.2, -0.15) is 0 Å². The minimum absolute atomic E-state index is 0.426. The molecule has 0 saturated carbocycles. The number of imide groups is 1. The van der Waals surface area contributed by atoms with Crippen LogP contribution in [-0.2, 0) is 16.0 Å². The topological polar surface area (TPSA) is 64.6 Å². The fourth-order valence-electron chi connectivity index (χ4n) is 1.99. The Morgan fingerprint density at radius 1 is 1.44 bits per heavy atom. The first kappa shape index (κ1) is 12.7. The second-order valence-corrected chi connectivity index (χ2v) is 4.24. The molecule has 2 rings (SSSR count). The number of hydrogen-bond acceptors (Lipinski definition) is 4. The van der Waals surface area contributed by atoms with Crippen molar-refractivity contribution in [3.05, 3.63) is 28.3 Å². The molecule has 1 unspecified atom stereocenters. The summed E-state index contributed by atoms with van der Waals surface area (Å²) < 4.78 is 10.2. The van der Waals surface area contributed by atoms with Crippen molar-refractivity contribution < 1.29 is 19.1 Å². The van der Waals surface area contributed by atoms with E-state index in [0.29, 0.717) is 22.8 Å². The van der Waals surface area contributed by atoms with Crippen LogP contribution in [0.15, 0.2) is 12.1 Å². The number of nitrogens with one attached hydrogen (secondary N) is 1. The number of alkyl carbamates (subject to hydrolysis) is 1. The summed E-state index contributed by atoms with van der Waals surface area (Å²) in [6.45, 7) is 1.92. The van der Waals surface area contributed by atoms with Crippen LogP contribution in [0.2, 0.25) is 5.02 Å². The lowest BCUT2D eigenvalue weighted by atomic mass is 9.99. The number of benzene rings is 1. The number of methoxy groups -OCH3 is 1. The summed E-state index contributed by atoms with van der Waals surface area (Å²) in [5, 5.41) is 2.52. The van der Waals surface area contributed by atoms with Gasteiger partial charge in [-0.05, 0) is 18.6 Å². The third kappa shape index (κ3) is 2.13. The van der Waals surface area contributed by atoms with Crippen molar-refractivity contribution in [3.8, 4) is 5.75 Å². The third-order valence-corrected chi connectivity index (χ3v) is 2.97. The molecule has 1 saturated heterocycles. The van der Waals surface area contributed by atoms with E-state index >= 15 is 0 Å². The zero-order valence-electron chi connectivity index (χ0n) is 9.95. The van der Waals surface area contributed by atoms with Crippen LogP contribution in [0.5, 0.6) is 5.75 Å². The predicted molar refractivity (Wildman–Crippen MR) is 64.7 cm³/mol. The van der Waals surface area contributed by atoms with Gasteiger partial charge in [0.15, 0.2) is 0 Å². The summed E-state index contributed by atoms with van der Waals surface area (Å²) in [5.41, 5.74) is 1.36. The largest absolute Gasteiger partial charge is 0.496 e. The lowest BCUT2D eigenvalue weighted by molar-refractivity contribution is -0.123. The number of carbonyl (C=O) groups is 2. The Kier molecular flexibility index (Phi) is 3.43. The van der Waals surface area contributed by atoms with Crippen molar-refractivity contribution in [3.63, 3.8) is 0 Å². The highest BCUT2D eigenvalue weighted by Crippen LogP contribution is 2.34.